The number of nitrogens with one attached hydrogen (secondary N) is 1. The Morgan fingerprint density at radius 3 is 2.32 bits per heavy atom. The van der Waals surface area contributed by atoms with Crippen LogP contribution >= 0.6 is 0 Å². The minimum Gasteiger partial charge on any atom is -0.318 e. The van der Waals surface area contributed by atoms with Crippen molar-refractivity contribution in [2.45, 2.75) is 19.4 Å². The molecule has 3 heteroatoms. The summed E-state index contributed by atoms with van der Waals surface area (Å²) in [5, 5.41) is 3.33. The number of nitrogens with zero attached hydrogens (tertiary/aromatic N) is 2. The molecule has 1 aromatic carbocycles. The third-order valence-electron chi connectivity index (χ3n) is 3.48. The molecule has 1 aromatic rings. The van der Waals surface area contributed by atoms with E-state index in [1.54, 1.807) is 0 Å². The van der Waals surface area contributed by atoms with Crippen LogP contribution in [-0.4, -0.2) is 57.1 Å². The molecule has 0 saturated carbocycles. The highest BCUT2D eigenvalue weighted by Gasteiger charge is 2.17. The van der Waals surface area contributed by atoms with Crippen LogP contribution in [0.3, 0.4) is 0 Å². The molecule has 0 aromatic heterocycles. The van der Waals surface area contributed by atoms with Crippen LogP contribution in [0.4, 0.5) is 0 Å². The zero-order valence-corrected chi connectivity index (χ0v) is 12.9. The third-order valence-corrected chi connectivity index (χ3v) is 3.48. The minimum absolute atomic E-state index is 0.471. The van der Waals surface area contributed by atoms with Crippen molar-refractivity contribution in [2.75, 3.05) is 47.3 Å². The van der Waals surface area contributed by atoms with E-state index in [-0.39, 0.29) is 0 Å². The maximum Gasteiger partial charge on any atom is 0.0472 e. The molecule has 1 rings (SSSR count). The van der Waals surface area contributed by atoms with Gasteiger partial charge in [-0.1, -0.05) is 37.3 Å². The normalized spacial score (nSPS) is 13.2. The van der Waals surface area contributed by atoms with Crippen molar-refractivity contribution in [3.8, 4) is 0 Å². The largest absolute Gasteiger partial charge is 0.318 e. The Bertz CT molecular complexity index is 324. The van der Waals surface area contributed by atoms with Crippen LogP contribution in [0.5, 0.6) is 0 Å². The predicted octanol–water partition coefficient (Wildman–Crippen LogP) is 2.22. The monoisotopic (exact) mass is 263 g/mol. The minimum atomic E-state index is 0.471. The molecule has 19 heavy (non-hydrogen) atoms. The van der Waals surface area contributed by atoms with E-state index in [1.807, 2.05) is 7.05 Å². The van der Waals surface area contributed by atoms with Crippen molar-refractivity contribution in [1.82, 2.24) is 15.1 Å². The van der Waals surface area contributed by atoms with Crippen molar-refractivity contribution >= 4 is 0 Å². The molecular formula is C16H29N3. The lowest BCUT2D eigenvalue weighted by molar-refractivity contribution is 0.195. The van der Waals surface area contributed by atoms with Crippen molar-refractivity contribution in [3.63, 3.8) is 0 Å². The van der Waals surface area contributed by atoms with Crippen molar-refractivity contribution in [2.24, 2.45) is 0 Å². The summed E-state index contributed by atoms with van der Waals surface area (Å²) in [5.41, 5.74) is 1.41. The van der Waals surface area contributed by atoms with Gasteiger partial charge in [0.2, 0.25) is 0 Å². The molecule has 0 saturated heterocycles. The smallest absolute Gasteiger partial charge is 0.0472 e. The summed E-state index contributed by atoms with van der Waals surface area (Å²) in [5.74, 6) is 0. The maximum absolute atomic E-state index is 3.33. The van der Waals surface area contributed by atoms with E-state index in [1.165, 1.54) is 12.0 Å². The Morgan fingerprint density at radius 2 is 1.79 bits per heavy atom. The van der Waals surface area contributed by atoms with E-state index in [4.69, 9.17) is 0 Å². The van der Waals surface area contributed by atoms with Gasteiger partial charge in [-0.25, -0.2) is 0 Å². The first-order valence-electron chi connectivity index (χ1n) is 7.27. The van der Waals surface area contributed by atoms with E-state index < -0.39 is 0 Å². The van der Waals surface area contributed by atoms with Gasteiger partial charge in [0.25, 0.3) is 0 Å². The Kier molecular flexibility index (Phi) is 7.72. The van der Waals surface area contributed by atoms with Crippen LogP contribution in [0.25, 0.3) is 0 Å². The van der Waals surface area contributed by atoms with E-state index >= 15 is 0 Å². The fourth-order valence-corrected chi connectivity index (χ4v) is 2.45. The summed E-state index contributed by atoms with van der Waals surface area (Å²) in [6.45, 7) is 6.64. The molecule has 3 nitrogen and oxygen atoms in total. The van der Waals surface area contributed by atoms with Gasteiger partial charge in [0.1, 0.15) is 0 Å². The second-order valence-electron chi connectivity index (χ2n) is 5.27. The van der Waals surface area contributed by atoms with E-state index in [2.05, 4.69) is 66.5 Å². The first-order chi connectivity index (χ1) is 9.19. The van der Waals surface area contributed by atoms with Crippen molar-refractivity contribution in [3.05, 3.63) is 35.9 Å². The van der Waals surface area contributed by atoms with E-state index in [0.717, 1.165) is 26.2 Å². The third kappa shape index (κ3) is 5.72. The van der Waals surface area contributed by atoms with Crippen LogP contribution in [0.15, 0.2) is 30.3 Å². The van der Waals surface area contributed by atoms with Gasteiger partial charge in [-0.15, -0.1) is 0 Å². The maximum atomic E-state index is 3.33. The Hall–Kier alpha value is -0.900. The second-order valence-corrected chi connectivity index (χ2v) is 5.27. The number of rotatable bonds is 9. The van der Waals surface area contributed by atoms with Gasteiger partial charge in [0.15, 0.2) is 0 Å². The molecule has 0 aliphatic heterocycles. The number of likely N-dealkylation sites (N-methyl/N-ethyl adjacent to an activating group) is 2. The molecular weight excluding hydrogens is 234 g/mol. The van der Waals surface area contributed by atoms with Gasteiger partial charge in [-0.3, -0.25) is 4.90 Å². The molecule has 0 heterocycles. The molecule has 1 atom stereocenters. The summed E-state index contributed by atoms with van der Waals surface area (Å²) in [7, 11) is 6.31. The lowest BCUT2D eigenvalue weighted by atomic mass is 10.0. The Balaban J connectivity index is 2.66. The summed E-state index contributed by atoms with van der Waals surface area (Å²) < 4.78 is 0. The second kappa shape index (κ2) is 9.08. The summed E-state index contributed by atoms with van der Waals surface area (Å²) in [6, 6.07) is 11.3. The van der Waals surface area contributed by atoms with Gasteiger partial charge in [0, 0.05) is 19.1 Å². The van der Waals surface area contributed by atoms with Gasteiger partial charge >= 0.3 is 0 Å². The lowest BCUT2D eigenvalue weighted by Crippen LogP contribution is -2.36. The Labute approximate surface area is 118 Å². The summed E-state index contributed by atoms with van der Waals surface area (Å²) >= 11 is 0. The first kappa shape index (κ1) is 16.2. The van der Waals surface area contributed by atoms with E-state index in [9.17, 15) is 0 Å². The van der Waals surface area contributed by atoms with Crippen LogP contribution in [-0.2, 0) is 0 Å². The van der Waals surface area contributed by atoms with Gasteiger partial charge < -0.3 is 10.2 Å². The Morgan fingerprint density at radius 1 is 1.11 bits per heavy atom. The molecule has 0 amide bonds. The highest BCUT2D eigenvalue weighted by Crippen LogP contribution is 2.19. The molecule has 0 spiro atoms. The average Bonchev–Trinajstić information content (AvgIpc) is 2.42. The number of hydrogen-bond acceptors (Lipinski definition) is 3. The van der Waals surface area contributed by atoms with Crippen LogP contribution < -0.4 is 5.32 Å². The lowest BCUT2D eigenvalue weighted by Gasteiger charge is -2.31. The molecule has 0 fully saturated rings. The molecule has 108 valence electrons. The number of hydrogen-bond donors (Lipinski definition) is 1. The zero-order valence-electron chi connectivity index (χ0n) is 12.9. The molecule has 1 unspecified atom stereocenters. The zero-order chi connectivity index (χ0) is 14.1. The van der Waals surface area contributed by atoms with Crippen LogP contribution in [0.1, 0.15) is 24.9 Å². The molecule has 0 aliphatic carbocycles. The summed E-state index contributed by atoms with van der Waals surface area (Å²) in [6.07, 6.45) is 1.22. The first-order valence-corrected chi connectivity index (χ1v) is 7.27. The molecule has 0 bridgehead atoms. The fraction of sp³-hybridized carbons (Fsp3) is 0.625. The van der Waals surface area contributed by atoms with Gasteiger partial charge in [0.05, 0.1) is 0 Å². The topological polar surface area (TPSA) is 18.5 Å². The van der Waals surface area contributed by atoms with Crippen molar-refractivity contribution < 1.29 is 0 Å². The van der Waals surface area contributed by atoms with Crippen LogP contribution in [0, 0.1) is 0 Å². The summed E-state index contributed by atoms with van der Waals surface area (Å²) in [4.78, 5) is 4.82. The standard InChI is InChI=1S/C16H29N3/c1-5-19(13-9-12-18(3)4)16(14-17-2)15-10-7-6-8-11-15/h6-8,10-11,16-17H,5,9,12-14H2,1-4H3. The SMILES string of the molecule is CCN(CCCN(C)C)C(CNC)c1ccccc1. The highest BCUT2D eigenvalue weighted by molar-refractivity contribution is 5.19. The average molecular weight is 263 g/mol. The fourth-order valence-electron chi connectivity index (χ4n) is 2.45. The quantitative estimate of drug-likeness (QED) is 0.737. The van der Waals surface area contributed by atoms with E-state index in [0.29, 0.717) is 6.04 Å². The molecule has 1 N–H and O–H groups in total. The van der Waals surface area contributed by atoms with Gasteiger partial charge in [-0.2, -0.15) is 0 Å². The molecule has 0 aliphatic rings. The number of benzene rings is 1. The van der Waals surface area contributed by atoms with Crippen molar-refractivity contribution in [1.29, 1.82) is 0 Å². The van der Waals surface area contributed by atoms with Gasteiger partial charge in [-0.05, 0) is 46.2 Å². The molecule has 0 radical (unpaired) electrons. The predicted molar refractivity (Wildman–Crippen MR) is 83.5 cm³/mol. The highest BCUT2D eigenvalue weighted by atomic mass is 15.2. The van der Waals surface area contributed by atoms with Crippen LogP contribution in [0.2, 0.25) is 0 Å².